The largest absolute Gasteiger partial charge is 0.378 e. The summed E-state index contributed by atoms with van der Waals surface area (Å²) in [4.78, 5) is 39.2. The van der Waals surface area contributed by atoms with Crippen molar-refractivity contribution < 1.29 is 103 Å². The van der Waals surface area contributed by atoms with Gasteiger partial charge >= 0.3 is 5.97 Å². The van der Waals surface area contributed by atoms with Gasteiger partial charge in [-0.2, -0.15) is 46.7 Å². The fourth-order valence-electron chi connectivity index (χ4n) is 10.3. The molecule has 0 bridgehead atoms. The first-order valence-electron chi connectivity index (χ1n) is 24.6. The molecule has 5 N–H and O–H groups in total. The maximum absolute atomic E-state index is 12.7. The molecule has 1 saturated heterocycles. The zero-order valence-electron chi connectivity index (χ0n) is 43.9. The van der Waals surface area contributed by atoms with Gasteiger partial charge in [0.2, 0.25) is 5.69 Å². The average Bonchev–Trinajstić information content (AvgIpc) is 3.68. The maximum atomic E-state index is 12.7. The van der Waals surface area contributed by atoms with Crippen LogP contribution in [0.3, 0.4) is 0 Å². The topological polar surface area (TPSA) is 369 Å². The summed E-state index contributed by atoms with van der Waals surface area (Å²) in [6.45, 7) is 5.79. The molecule has 3 heterocycles. The first kappa shape index (κ1) is 62.5. The molecule has 438 valence electrons. The summed E-state index contributed by atoms with van der Waals surface area (Å²) in [6, 6.07) is 9.35. The molecule has 0 radical (unpaired) electrons. The summed E-state index contributed by atoms with van der Waals surface area (Å²) >= 11 is 0. The van der Waals surface area contributed by atoms with Crippen LogP contribution < -0.4 is 4.90 Å². The molecule has 30 heteroatoms. The zero-order valence-corrected chi connectivity index (χ0v) is 48.0. The Hall–Kier alpha value is -6.13. The second-order valence-electron chi connectivity index (χ2n) is 19.6. The second-order valence-corrected chi connectivity index (χ2v) is 26.8. The molecule has 0 spiro atoms. The van der Waals surface area contributed by atoms with Gasteiger partial charge in [0.15, 0.2) is 12.3 Å². The van der Waals surface area contributed by atoms with Gasteiger partial charge in [-0.15, -0.1) is 5.06 Å². The van der Waals surface area contributed by atoms with Gasteiger partial charge in [-0.1, -0.05) is 50.3 Å². The Morgan fingerprint density at radius 2 is 1.20 bits per heavy atom. The molecule has 0 aromatic heterocycles. The molecule has 4 aromatic carbocycles. The molecule has 25 nitrogen and oxygen atoms in total. The Bertz CT molecular complexity index is 3970. The first-order valence-corrected chi connectivity index (χ1v) is 32.0. The summed E-state index contributed by atoms with van der Waals surface area (Å²) in [5.74, 6) is -2.75. The number of carbonyl (C=O) groups excluding carboxylic acids is 3. The molecular formula is C51H58N3O22S5+. The van der Waals surface area contributed by atoms with Crippen molar-refractivity contribution in [1.82, 2.24) is 5.06 Å². The number of allylic oxidation sites excluding steroid dienone is 8. The van der Waals surface area contributed by atoms with Crippen molar-refractivity contribution in [3.8, 4) is 0 Å². The van der Waals surface area contributed by atoms with Crippen LogP contribution in [0.2, 0.25) is 0 Å². The highest BCUT2D eigenvalue weighted by Gasteiger charge is 2.49. The van der Waals surface area contributed by atoms with Crippen molar-refractivity contribution in [2.24, 2.45) is 0 Å². The third-order valence-electron chi connectivity index (χ3n) is 13.8. The highest BCUT2D eigenvalue weighted by atomic mass is 32.2. The number of ether oxygens (including phenoxy) is 3. The predicted molar refractivity (Wildman–Crippen MR) is 291 cm³/mol. The van der Waals surface area contributed by atoms with Crippen molar-refractivity contribution in [2.45, 2.75) is 83.3 Å². The Labute approximate surface area is 467 Å². The van der Waals surface area contributed by atoms with Crippen LogP contribution in [0.4, 0.5) is 11.4 Å². The van der Waals surface area contributed by atoms with Crippen LogP contribution in [-0.4, -0.2) is 157 Å². The van der Waals surface area contributed by atoms with Gasteiger partial charge in [0, 0.05) is 71.8 Å². The van der Waals surface area contributed by atoms with E-state index in [1.54, 1.807) is 80.0 Å². The minimum atomic E-state index is -5.09. The van der Waals surface area contributed by atoms with E-state index >= 15 is 0 Å². The van der Waals surface area contributed by atoms with E-state index in [2.05, 4.69) is 0 Å². The number of fused-ring (bicyclic) bond motifs is 6. The number of anilines is 1. The fraction of sp³-hybridized carbons (Fsp3) is 0.373. The minimum Gasteiger partial charge on any atom is -0.378 e. The number of hydroxylamine groups is 2. The summed E-state index contributed by atoms with van der Waals surface area (Å²) in [5, 5.41) is 0.403. The van der Waals surface area contributed by atoms with Crippen LogP contribution in [0.1, 0.15) is 64.0 Å². The average molecular weight is 1230 g/mol. The van der Waals surface area contributed by atoms with Crippen molar-refractivity contribution in [2.75, 3.05) is 63.9 Å². The highest BCUT2D eigenvalue weighted by Crippen LogP contribution is 2.52. The molecule has 81 heavy (non-hydrogen) atoms. The number of imide groups is 1. The van der Waals surface area contributed by atoms with Gasteiger partial charge < -0.3 is 23.9 Å². The lowest BCUT2D eigenvalue weighted by atomic mass is 9.74. The minimum absolute atomic E-state index is 0.00485. The van der Waals surface area contributed by atoms with Crippen LogP contribution in [0, 0.1) is 0 Å². The van der Waals surface area contributed by atoms with Crippen molar-refractivity contribution in [3.05, 3.63) is 108 Å². The number of methoxy groups -OCH3 is 1. The molecular weight excluding hydrogens is 1170 g/mol. The summed E-state index contributed by atoms with van der Waals surface area (Å²) in [7, 11) is -23.2. The quantitative estimate of drug-likeness (QED) is 0.0191. The number of amides is 2. The van der Waals surface area contributed by atoms with E-state index in [0.717, 1.165) is 12.1 Å². The van der Waals surface area contributed by atoms with E-state index in [0.29, 0.717) is 51.1 Å². The molecule has 2 amide bonds. The smallest absolute Gasteiger partial charge is 0.335 e. The van der Waals surface area contributed by atoms with Gasteiger partial charge in [-0.3, -0.25) is 32.4 Å². The second kappa shape index (κ2) is 24.0. The van der Waals surface area contributed by atoms with Gasteiger partial charge in [0.05, 0.1) is 53.8 Å². The van der Waals surface area contributed by atoms with Crippen LogP contribution in [0.15, 0.2) is 116 Å². The normalized spacial score (nSPS) is 18.6. The number of benzene rings is 4. The molecule has 1 unspecified atom stereocenters. The molecule has 3 aliphatic heterocycles. The summed E-state index contributed by atoms with van der Waals surface area (Å²) < 4.78 is 193. The van der Waals surface area contributed by atoms with Crippen molar-refractivity contribution in [3.63, 3.8) is 0 Å². The van der Waals surface area contributed by atoms with Gasteiger partial charge in [0.1, 0.15) is 16.4 Å². The zero-order chi connectivity index (χ0) is 59.7. The predicted octanol–water partition coefficient (Wildman–Crippen LogP) is 5.03. The summed E-state index contributed by atoms with van der Waals surface area (Å²) in [5.41, 5.74) is 0.479. The number of nitrogens with zero attached hydrogens (tertiary/aromatic N) is 3. The van der Waals surface area contributed by atoms with Crippen LogP contribution >= 0.6 is 0 Å². The lowest BCUT2D eigenvalue weighted by Gasteiger charge is -2.27. The van der Waals surface area contributed by atoms with E-state index < -0.39 is 105 Å². The van der Waals surface area contributed by atoms with Gasteiger partial charge in [-0.25, -0.2) is 4.79 Å². The number of hydrogen-bond acceptors (Lipinski definition) is 18. The monoisotopic (exact) mass is 1220 g/mol. The molecule has 1 fully saturated rings. The molecule has 0 aliphatic carbocycles. The number of hydrogen-bond donors (Lipinski definition) is 5. The van der Waals surface area contributed by atoms with Gasteiger partial charge in [-0.05, 0) is 78.6 Å². The van der Waals surface area contributed by atoms with Crippen LogP contribution in [-0.2, 0) is 94.9 Å². The Morgan fingerprint density at radius 1 is 0.654 bits per heavy atom. The lowest BCUT2D eigenvalue weighted by molar-refractivity contribution is -0.441. The highest BCUT2D eigenvalue weighted by molar-refractivity contribution is 7.87. The fourth-order valence-corrected chi connectivity index (χ4v) is 13.5. The number of carbonyl (C=O) groups is 3. The first-order chi connectivity index (χ1) is 37.7. The van der Waals surface area contributed by atoms with Gasteiger partial charge in [0.25, 0.3) is 62.4 Å². The van der Waals surface area contributed by atoms with E-state index in [-0.39, 0.29) is 99.8 Å². The molecule has 3 aliphatic rings. The third kappa shape index (κ3) is 13.9. The molecule has 0 saturated carbocycles. The Kier molecular flexibility index (Phi) is 18.5. The van der Waals surface area contributed by atoms with E-state index in [1.165, 1.54) is 19.2 Å². The van der Waals surface area contributed by atoms with E-state index in [4.69, 9.17) is 19.0 Å². The van der Waals surface area contributed by atoms with Crippen LogP contribution in [0.5, 0.6) is 0 Å². The lowest BCUT2D eigenvalue weighted by Crippen LogP contribution is -2.32. The van der Waals surface area contributed by atoms with Crippen LogP contribution in [0.25, 0.3) is 21.5 Å². The molecule has 1 atom stereocenters. The van der Waals surface area contributed by atoms with E-state index in [9.17, 15) is 79.2 Å². The van der Waals surface area contributed by atoms with Crippen molar-refractivity contribution >= 4 is 107 Å². The van der Waals surface area contributed by atoms with E-state index in [1.807, 2.05) is 4.90 Å². The third-order valence-corrected chi connectivity index (χ3v) is 18.1. The summed E-state index contributed by atoms with van der Waals surface area (Å²) in [6.07, 6.45) is 11.2. The number of rotatable bonds is 25. The Balaban J connectivity index is 1.20. The standard InChI is InChI=1S/C51H57N3O22S5/c1-50(2)43(52(22-25-75-27-26-74-23-19-47(57)76-54-45(55)17-18-46(54)56)39-15-13-35-37(48(39)50)29-33(78(61,62)63)31-41(35)80(67,68)69)11-8-6-5-7-9-12-44-51(3,20-10-28-77(58,59)60)49-38-30-34(79(64,65)66)32-42(81(70,71)72)36(38)14-16-40(49)53(44)21-24-73-4/h5-9,11-16,29-32H,10,17-28H2,1-4H3,(H4-,58,59,60,61,62,63,64,65,66,67,68,69,70,71,72)/p+1. The molecule has 4 aromatic rings. The SMILES string of the molecule is COCC[N+]1=C(/C=C/C=C/C=C/C=C2/N(CCOCCOCCC(=O)ON3C(=O)CCC3=O)c3ccc4c(S(=O)(=O)O)cc(S(=O)(=O)O)cc4c3C2(C)C)C(C)(CCCS(=O)(=O)O)c2c1ccc1c(S(=O)(=O)O)cc(S(=O)(=O)O)cc21. The van der Waals surface area contributed by atoms with Crippen molar-refractivity contribution in [1.29, 1.82) is 0 Å². The molecule has 7 rings (SSSR count). The Morgan fingerprint density at radius 3 is 1.75 bits per heavy atom. The maximum Gasteiger partial charge on any atom is 0.335 e.